The van der Waals surface area contributed by atoms with Crippen LogP contribution in [0.1, 0.15) is 50.6 Å². The Hall–Kier alpha value is -3.55. The molecule has 10 heteroatoms. The highest BCUT2D eigenvalue weighted by atomic mass is 32.2. The van der Waals surface area contributed by atoms with Crippen molar-refractivity contribution in [1.82, 2.24) is 8.87 Å². The maximum atomic E-state index is 12.7. The number of rotatable bonds is 7. The van der Waals surface area contributed by atoms with Crippen molar-refractivity contribution < 1.29 is 17.9 Å². The summed E-state index contributed by atoms with van der Waals surface area (Å²) in [6.07, 6.45) is 4.35. The van der Waals surface area contributed by atoms with Crippen molar-refractivity contribution in [2.75, 3.05) is 43.0 Å². The number of carbonyl (C=O) groups is 1. The molecule has 3 aromatic rings. The zero-order valence-electron chi connectivity index (χ0n) is 22.1. The molecule has 0 atom stereocenters. The number of sulfonamides is 1. The normalized spacial score (nSPS) is 18.5. The van der Waals surface area contributed by atoms with Crippen LogP contribution < -0.4 is 10.2 Å². The van der Waals surface area contributed by atoms with Crippen molar-refractivity contribution in [3.05, 3.63) is 48.0 Å². The number of carbonyl (C=O) groups excluding carboxylic acids is 1. The molecule has 9 nitrogen and oxygen atoms in total. The van der Waals surface area contributed by atoms with Gasteiger partial charge in [-0.05, 0) is 74.9 Å². The molecule has 1 saturated heterocycles. The molecule has 1 amide bonds. The Balaban J connectivity index is 1.33. The van der Waals surface area contributed by atoms with E-state index in [1.165, 1.54) is 0 Å². The van der Waals surface area contributed by atoms with E-state index in [2.05, 4.69) is 33.0 Å². The molecule has 2 aliphatic carbocycles. The Bertz CT molecular complexity index is 1540. The fourth-order valence-corrected chi connectivity index (χ4v) is 7.52. The molecule has 0 bridgehead atoms. The molecule has 0 radical (unpaired) electrons. The summed E-state index contributed by atoms with van der Waals surface area (Å²) >= 11 is 0. The first-order valence-electron chi connectivity index (χ1n) is 13.8. The molecule has 6 rings (SSSR count). The fourth-order valence-electron chi connectivity index (χ4n) is 5.69. The van der Waals surface area contributed by atoms with Crippen LogP contribution in [0.4, 0.5) is 16.2 Å². The number of ether oxygens (including phenoxy) is 1. The maximum Gasteiger partial charge on any atom is 0.411 e. The van der Waals surface area contributed by atoms with E-state index in [1.807, 2.05) is 30.3 Å². The molecule has 3 aliphatic rings. The van der Waals surface area contributed by atoms with Crippen LogP contribution in [0.15, 0.2) is 42.5 Å². The standard InChI is InChI=1S/C29H33N5O4S/c1-2-38-29(35)31-21-8-6-20(7-9-21)28-26(19-30)25-13-10-23(18-27(25)34(28)22-4-3-5-22)32-14-16-33(17-15-32)39(36,37)24-11-12-24/h6-10,13,18,22,24H,2-5,11-12,14-17H2,1H3,(H,31,35). The number of fused-ring (bicyclic) bond motifs is 1. The lowest BCUT2D eigenvalue weighted by molar-refractivity contribution is 0.168. The Kier molecular flexibility index (Phi) is 6.73. The lowest BCUT2D eigenvalue weighted by atomic mass is 9.92. The Labute approximate surface area is 229 Å². The summed E-state index contributed by atoms with van der Waals surface area (Å²) in [5, 5.41) is 13.7. The average Bonchev–Trinajstić information content (AvgIpc) is 3.73. The van der Waals surface area contributed by atoms with Gasteiger partial charge in [0, 0.05) is 49.0 Å². The number of aromatic nitrogens is 1. The summed E-state index contributed by atoms with van der Waals surface area (Å²) in [6.45, 7) is 4.36. The summed E-state index contributed by atoms with van der Waals surface area (Å²) in [5.74, 6) is 0. The van der Waals surface area contributed by atoms with E-state index in [9.17, 15) is 18.5 Å². The number of piperazine rings is 1. The molecule has 2 aromatic carbocycles. The largest absolute Gasteiger partial charge is 0.450 e. The van der Waals surface area contributed by atoms with Crippen LogP contribution in [0.25, 0.3) is 22.2 Å². The van der Waals surface area contributed by atoms with Gasteiger partial charge in [0.15, 0.2) is 0 Å². The molecule has 3 fully saturated rings. The van der Waals surface area contributed by atoms with E-state index in [0.29, 0.717) is 50.1 Å². The van der Waals surface area contributed by atoms with Gasteiger partial charge in [-0.1, -0.05) is 12.1 Å². The van der Waals surface area contributed by atoms with Crippen LogP contribution >= 0.6 is 0 Å². The number of nitrogens with zero attached hydrogens (tertiary/aromatic N) is 4. The van der Waals surface area contributed by atoms with Gasteiger partial charge >= 0.3 is 6.09 Å². The minimum absolute atomic E-state index is 0.177. The fraction of sp³-hybridized carbons (Fsp3) is 0.448. The number of anilines is 2. The van der Waals surface area contributed by atoms with Gasteiger partial charge in [-0.3, -0.25) is 5.32 Å². The zero-order valence-corrected chi connectivity index (χ0v) is 22.9. The number of benzene rings is 2. The molecule has 0 unspecified atom stereocenters. The lowest BCUT2D eigenvalue weighted by Gasteiger charge is -2.35. The summed E-state index contributed by atoms with van der Waals surface area (Å²) < 4.78 is 34.3. The third-order valence-electron chi connectivity index (χ3n) is 8.13. The molecule has 0 spiro atoms. The quantitative estimate of drug-likeness (QED) is 0.442. The lowest BCUT2D eigenvalue weighted by Crippen LogP contribution is -2.49. The average molecular weight is 548 g/mol. The predicted molar refractivity (Wildman–Crippen MR) is 151 cm³/mol. The van der Waals surface area contributed by atoms with Crippen molar-refractivity contribution in [1.29, 1.82) is 5.26 Å². The molecular formula is C29H33N5O4S. The third-order valence-corrected chi connectivity index (χ3v) is 10.5. The van der Waals surface area contributed by atoms with Gasteiger partial charge in [0.2, 0.25) is 10.0 Å². The highest BCUT2D eigenvalue weighted by Crippen LogP contribution is 2.43. The molecule has 1 N–H and O–H groups in total. The topological polar surface area (TPSA) is 108 Å². The molecule has 1 aromatic heterocycles. The molecule has 2 heterocycles. The van der Waals surface area contributed by atoms with Crippen molar-refractivity contribution in [2.45, 2.75) is 50.3 Å². The van der Waals surface area contributed by atoms with Crippen molar-refractivity contribution in [3.63, 3.8) is 0 Å². The van der Waals surface area contributed by atoms with Crippen molar-refractivity contribution in [3.8, 4) is 17.3 Å². The van der Waals surface area contributed by atoms with Crippen LogP contribution in [0.3, 0.4) is 0 Å². The van der Waals surface area contributed by atoms with Crippen molar-refractivity contribution in [2.24, 2.45) is 0 Å². The second-order valence-electron chi connectivity index (χ2n) is 10.5. The van der Waals surface area contributed by atoms with E-state index >= 15 is 0 Å². The van der Waals surface area contributed by atoms with Gasteiger partial charge in [0.25, 0.3) is 0 Å². The van der Waals surface area contributed by atoms with Gasteiger partial charge in [-0.2, -0.15) is 9.57 Å². The van der Waals surface area contributed by atoms with E-state index in [-0.39, 0.29) is 5.25 Å². The summed E-state index contributed by atoms with van der Waals surface area (Å²) in [6, 6.07) is 16.6. The number of nitrogens with one attached hydrogen (secondary N) is 1. The van der Waals surface area contributed by atoms with Crippen LogP contribution in [-0.2, 0) is 14.8 Å². The van der Waals surface area contributed by atoms with Crippen molar-refractivity contribution >= 4 is 38.4 Å². The van der Waals surface area contributed by atoms with Gasteiger partial charge in [0.05, 0.1) is 28.6 Å². The summed E-state index contributed by atoms with van der Waals surface area (Å²) in [5.41, 5.74) is 5.18. The smallest absolute Gasteiger partial charge is 0.411 e. The third kappa shape index (κ3) is 4.74. The highest BCUT2D eigenvalue weighted by Gasteiger charge is 2.41. The zero-order chi connectivity index (χ0) is 27.1. The van der Waals surface area contributed by atoms with E-state index in [4.69, 9.17) is 4.74 Å². The minimum Gasteiger partial charge on any atom is -0.450 e. The van der Waals surface area contributed by atoms with Gasteiger partial charge in [-0.15, -0.1) is 0 Å². The predicted octanol–water partition coefficient (Wildman–Crippen LogP) is 5.09. The first kappa shape index (κ1) is 25.7. The molecule has 204 valence electrons. The summed E-state index contributed by atoms with van der Waals surface area (Å²) in [7, 11) is -3.16. The first-order chi connectivity index (χ1) is 18.9. The Morgan fingerprint density at radius 3 is 2.36 bits per heavy atom. The van der Waals surface area contributed by atoms with Crippen LogP contribution in [0.5, 0.6) is 0 Å². The van der Waals surface area contributed by atoms with E-state index < -0.39 is 16.1 Å². The maximum absolute atomic E-state index is 12.7. The van der Waals surface area contributed by atoms with Gasteiger partial charge < -0.3 is 14.2 Å². The second-order valence-corrected chi connectivity index (χ2v) is 12.8. The van der Waals surface area contributed by atoms with Crippen LogP contribution in [0.2, 0.25) is 0 Å². The number of hydrogen-bond donors (Lipinski definition) is 1. The Morgan fingerprint density at radius 2 is 1.77 bits per heavy atom. The van der Waals surface area contributed by atoms with Crippen LogP contribution in [-0.4, -0.2) is 61.4 Å². The number of amides is 1. The van der Waals surface area contributed by atoms with E-state index in [0.717, 1.165) is 60.0 Å². The Morgan fingerprint density at radius 1 is 1.05 bits per heavy atom. The van der Waals surface area contributed by atoms with Crippen LogP contribution in [0, 0.1) is 11.3 Å². The highest BCUT2D eigenvalue weighted by molar-refractivity contribution is 7.90. The minimum atomic E-state index is -3.16. The number of hydrogen-bond acceptors (Lipinski definition) is 6. The second kappa shape index (κ2) is 10.2. The first-order valence-corrected chi connectivity index (χ1v) is 15.3. The monoisotopic (exact) mass is 547 g/mol. The number of nitriles is 1. The molecule has 39 heavy (non-hydrogen) atoms. The molecule has 2 saturated carbocycles. The molecule has 1 aliphatic heterocycles. The van der Waals surface area contributed by atoms with Gasteiger partial charge in [0.1, 0.15) is 6.07 Å². The summed E-state index contributed by atoms with van der Waals surface area (Å²) in [4.78, 5) is 14.1. The van der Waals surface area contributed by atoms with E-state index in [1.54, 1.807) is 11.2 Å². The SMILES string of the molecule is CCOC(=O)Nc1ccc(-c2c(C#N)c3ccc(N4CCN(S(=O)(=O)C5CC5)CC4)cc3n2C2CCC2)cc1. The molecular weight excluding hydrogens is 514 g/mol. The van der Waals surface area contributed by atoms with Gasteiger partial charge in [-0.25, -0.2) is 13.2 Å².